The van der Waals surface area contributed by atoms with Crippen LogP contribution < -0.4 is 0 Å². The summed E-state index contributed by atoms with van der Waals surface area (Å²) in [5, 5.41) is 11.7. The molecule has 0 amide bonds. The van der Waals surface area contributed by atoms with Crippen LogP contribution in [0.3, 0.4) is 0 Å². The molecule has 0 aliphatic rings. The predicted molar refractivity (Wildman–Crippen MR) is 108 cm³/mol. The van der Waals surface area contributed by atoms with Crippen LogP contribution in [0.1, 0.15) is 30.8 Å². The van der Waals surface area contributed by atoms with Gasteiger partial charge in [-0.1, -0.05) is 36.4 Å². The van der Waals surface area contributed by atoms with E-state index >= 15 is 0 Å². The highest BCUT2D eigenvalue weighted by Crippen LogP contribution is 2.28. The van der Waals surface area contributed by atoms with Crippen LogP contribution in [0.25, 0.3) is 22.5 Å². The number of hydrogen-bond acceptors (Lipinski definition) is 3. The fourth-order valence-electron chi connectivity index (χ4n) is 3.28. The lowest BCUT2D eigenvalue weighted by Gasteiger charge is -2.13. The van der Waals surface area contributed by atoms with Gasteiger partial charge in [-0.25, -0.2) is 4.79 Å². The van der Waals surface area contributed by atoms with Gasteiger partial charge in [0.05, 0.1) is 11.8 Å². The summed E-state index contributed by atoms with van der Waals surface area (Å²) in [6.45, 7) is 7.53. The van der Waals surface area contributed by atoms with Crippen molar-refractivity contribution in [1.29, 1.82) is 5.26 Å². The quantitative estimate of drug-likeness (QED) is 0.370. The van der Waals surface area contributed by atoms with Crippen molar-refractivity contribution in [3.8, 4) is 11.8 Å². The number of nitrogens with zero attached hydrogens (tertiary/aromatic N) is 2. The van der Waals surface area contributed by atoms with Crippen LogP contribution in [-0.4, -0.2) is 16.6 Å². The van der Waals surface area contributed by atoms with Gasteiger partial charge in [0, 0.05) is 16.8 Å². The van der Waals surface area contributed by atoms with E-state index in [1.807, 2.05) is 44.2 Å². The van der Waals surface area contributed by atoms with E-state index in [1.165, 1.54) is 0 Å². The zero-order chi connectivity index (χ0) is 19.6. The molecule has 4 heteroatoms. The van der Waals surface area contributed by atoms with Crippen molar-refractivity contribution in [2.45, 2.75) is 33.8 Å². The van der Waals surface area contributed by atoms with Gasteiger partial charge in [-0.2, -0.15) is 5.26 Å². The van der Waals surface area contributed by atoms with E-state index in [0.717, 1.165) is 33.4 Å². The number of ether oxygens (including phenoxy) is 1. The first-order valence-corrected chi connectivity index (χ1v) is 8.92. The second kappa shape index (κ2) is 7.51. The predicted octanol–water partition coefficient (Wildman–Crippen LogP) is 5.11. The van der Waals surface area contributed by atoms with Crippen LogP contribution in [0.15, 0.2) is 54.1 Å². The zero-order valence-electron chi connectivity index (χ0n) is 16.0. The van der Waals surface area contributed by atoms with Gasteiger partial charge in [-0.05, 0) is 56.9 Å². The summed E-state index contributed by atoms with van der Waals surface area (Å²) in [5.41, 5.74) is 3.91. The SMILES string of the molecule is Cc1cc(/C=C(\C#N)C(=O)OC(C)C)c(C)n1-c1cccc2ccccc12. The highest BCUT2D eigenvalue weighted by atomic mass is 16.5. The summed E-state index contributed by atoms with van der Waals surface area (Å²) < 4.78 is 7.31. The van der Waals surface area contributed by atoms with Crippen molar-refractivity contribution in [2.75, 3.05) is 0 Å². The fourth-order valence-corrected chi connectivity index (χ4v) is 3.28. The van der Waals surface area contributed by atoms with Gasteiger partial charge in [-0.3, -0.25) is 0 Å². The van der Waals surface area contributed by atoms with Gasteiger partial charge >= 0.3 is 5.97 Å². The molecule has 0 unspecified atom stereocenters. The Morgan fingerprint density at radius 2 is 1.85 bits per heavy atom. The molecule has 3 rings (SSSR count). The molecule has 0 fully saturated rings. The molecule has 0 saturated heterocycles. The second-order valence-electron chi connectivity index (χ2n) is 6.78. The molecule has 3 aromatic rings. The van der Waals surface area contributed by atoms with E-state index in [2.05, 4.69) is 28.8 Å². The molecule has 0 N–H and O–H groups in total. The van der Waals surface area contributed by atoms with Crippen LogP contribution in [0.2, 0.25) is 0 Å². The maximum absolute atomic E-state index is 12.1. The van der Waals surface area contributed by atoms with Crippen molar-refractivity contribution in [3.05, 3.63) is 71.1 Å². The van der Waals surface area contributed by atoms with Crippen LogP contribution >= 0.6 is 0 Å². The third-order valence-electron chi connectivity index (χ3n) is 4.46. The minimum atomic E-state index is -0.595. The van der Waals surface area contributed by atoms with Crippen molar-refractivity contribution in [3.63, 3.8) is 0 Å². The molecule has 0 bridgehead atoms. The third kappa shape index (κ3) is 3.63. The van der Waals surface area contributed by atoms with Crippen molar-refractivity contribution < 1.29 is 9.53 Å². The number of rotatable bonds is 4. The van der Waals surface area contributed by atoms with Crippen LogP contribution in [0.4, 0.5) is 0 Å². The smallest absolute Gasteiger partial charge is 0.349 e. The van der Waals surface area contributed by atoms with Crippen LogP contribution in [0.5, 0.6) is 0 Å². The Bertz CT molecular complexity index is 1080. The Labute approximate surface area is 159 Å². The number of aromatic nitrogens is 1. The number of nitriles is 1. The van der Waals surface area contributed by atoms with E-state index in [1.54, 1.807) is 19.9 Å². The Balaban J connectivity index is 2.12. The molecule has 0 atom stereocenters. The van der Waals surface area contributed by atoms with Gasteiger partial charge in [0.2, 0.25) is 0 Å². The number of benzene rings is 2. The average molecular weight is 358 g/mol. The first kappa shape index (κ1) is 18.5. The van der Waals surface area contributed by atoms with Gasteiger partial charge in [0.1, 0.15) is 11.6 Å². The standard InChI is InChI=1S/C23H22N2O2/c1-15(2)27-23(26)20(14-24)13-19-12-16(3)25(17(19)4)22-11-7-9-18-8-5-6-10-21(18)22/h5-13,15H,1-4H3/b20-13+. The largest absolute Gasteiger partial charge is 0.459 e. The van der Waals surface area contributed by atoms with Gasteiger partial charge in [-0.15, -0.1) is 0 Å². The third-order valence-corrected chi connectivity index (χ3v) is 4.46. The first-order valence-electron chi connectivity index (χ1n) is 8.92. The summed E-state index contributed by atoms with van der Waals surface area (Å²) in [5.74, 6) is -0.595. The molecule has 0 aliphatic heterocycles. The molecule has 27 heavy (non-hydrogen) atoms. The lowest BCUT2D eigenvalue weighted by Crippen LogP contribution is -2.12. The number of carbonyl (C=O) groups is 1. The van der Waals surface area contributed by atoms with E-state index in [9.17, 15) is 10.1 Å². The van der Waals surface area contributed by atoms with Crippen LogP contribution in [0, 0.1) is 25.2 Å². The van der Waals surface area contributed by atoms with E-state index in [-0.39, 0.29) is 11.7 Å². The van der Waals surface area contributed by atoms with Gasteiger partial charge in [0.15, 0.2) is 0 Å². The maximum atomic E-state index is 12.1. The van der Waals surface area contributed by atoms with Crippen LogP contribution in [-0.2, 0) is 9.53 Å². The highest BCUT2D eigenvalue weighted by molar-refractivity contribution is 5.98. The Hall–Kier alpha value is -3.32. The zero-order valence-corrected chi connectivity index (χ0v) is 16.0. The molecular weight excluding hydrogens is 336 g/mol. The number of esters is 1. The summed E-state index contributed by atoms with van der Waals surface area (Å²) in [4.78, 5) is 12.1. The Kier molecular flexibility index (Phi) is 5.14. The topological polar surface area (TPSA) is 55.0 Å². The lowest BCUT2D eigenvalue weighted by atomic mass is 10.1. The molecule has 2 aromatic carbocycles. The number of aryl methyl sites for hydroxylation is 1. The highest BCUT2D eigenvalue weighted by Gasteiger charge is 2.16. The molecule has 4 nitrogen and oxygen atoms in total. The average Bonchev–Trinajstić information content (AvgIpc) is 2.91. The molecular formula is C23H22N2O2. The fraction of sp³-hybridized carbons (Fsp3) is 0.217. The first-order chi connectivity index (χ1) is 12.9. The monoisotopic (exact) mass is 358 g/mol. The van der Waals surface area contributed by atoms with Crippen molar-refractivity contribution >= 4 is 22.8 Å². The summed E-state index contributed by atoms with van der Waals surface area (Å²) in [7, 11) is 0. The summed E-state index contributed by atoms with van der Waals surface area (Å²) in [6.07, 6.45) is 1.34. The van der Waals surface area contributed by atoms with Gasteiger partial charge < -0.3 is 9.30 Å². The molecule has 0 saturated carbocycles. The maximum Gasteiger partial charge on any atom is 0.349 e. The molecule has 0 spiro atoms. The number of hydrogen-bond donors (Lipinski definition) is 0. The summed E-state index contributed by atoms with van der Waals surface area (Å²) >= 11 is 0. The van der Waals surface area contributed by atoms with E-state index in [0.29, 0.717) is 0 Å². The van der Waals surface area contributed by atoms with E-state index in [4.69, 9.17) is 4.74 Å². The number of carbonyl (C=O) groups excluding carboxylic acids is 1. The molecule has 1 aromatic heterocycles. The lowest BCUT2D eigenvalue weighted by molar-refractivity contribution is -0.142. The molecule has 0 aliphatic carbocycles. The Morgan fingerprint density at radius 1 is 1.15 bits per heavy atom. The van der Waals surface area contributed by atoms with Crippen molar-refractivity contribution in [2.24, 2.45) is 0 Å². The van der Waals surface area contributed by atoms with Crippen molar-refractivity contribution in [1.82, 2.24) is 4.57 Å². The summed E-state index contributed by atoms with van der Waals surface area (Å²) in [6, 6.07) is 18.4. The minimum Gasteiger partial charge on any atom is -0.459 e. The molecule has 0 radical (unpaired) electrons. The Morgan fingerprint density at radius 3 is 2.56 bits per heavy atom. The molecule has 1 heterocycles. The molecule has 136 valence electrons. The minimum absolute atomic E-state index is 0.00173. The second-order valence-corrected chi connectivity index (χ2v) is 6.78. The van der Waals surface area contributed by atoms with E-state index < -0.39 is 5.97 Å². The normalized spacial score (nSPS) is 11.6. The van der Waals surface area contributed by atoms with Gasteiger partial charge in [0.25, 0.3) is 0 Å². The number of fused-ring (bicyclic) bond motifs is 1.